The van der Waals surface area contributed by atoms with Crippen molar-refractivity contribution >= 4 is 29.9 Å². The molecule has 0 aromatic carbocycles. The van der Waals surface area contributed by atoms with E-state index in [1.165, 1.54) is 0 Å². The third kappa shape index (κ3) is 4.04. The zero-order valence-corrected chi connectivity index (χ0v) is 13.5. The highest BCUT2D eigenvalue weighted by atomic mass is 127. The molecule has 19 heavy (non-hydrogen) atoms. The van der Waals surface area contributed by atoms with E-state index in [1.807, 2.05) is 12.1 Å². The maximum absolute atomic E-state index is 11.3. The molecule has 0 radical (unpaired) electrons. The summed E-state index contributed by atoms with van der Waals surface area (Å²) in [6.45, 7) is 4.39. The van der Waals surface area contributed by atoms with Gasteiger partial charge in [0, 0.05) is 31.9 Å². The third-order valence-corrected chi connectivity index (χ3v) is 3.46. The highest BCUT2D eigenvalue weighted by Crippen LogP contribution is 2.24. The number of amides is 1. The number of carbonyl (C=O) groups is 1. The van der Waals surface area contributed by atoms with Crippen LogP contribution in [0, 0.1) is 11.8 Å². The highest BCUT2D eigenvalue weighted by molar-refractivity contribution is 14.0. The van der Waals surface area contributed by atoms with Gasteiger partial charge in [-0.2, -0.15) is 0 Å². The van der Waals surface area contributed by atoms with Crippen LogP contribution >= 0.6 is 24.0 Å². The average molecular weight is 377 g/mol. The smallest absolute Gasteiger partial charge is 0.222 e. The number of aromatic nitrogens is 1. The molecule has 2 atom stereocenters. The first-order valence-corrected chi connectivity index (χ1v) is 6.10. The average Bonchev–Trinajstić information content (AvgIpc) is 2.70. The van der Waals surface area contributed by atoms with Gasteiger partial charge in [0.15, 0.2) is 0 Å². The van der Waals surface area contributed by atoms with Crippen LogP contribution in [0.3, 0.4) is 0 Å². The molecule has 1 amide bonds. The Morgan fingerprint density at radius 2 is 2.32 bits per heavy atom. The number of hydrogen-bond donors (Lipinski definition) is 1. The van der Waals surface area contributed by atoms with E-state index in [0.717, 1.165) is 31.1 Å². The summed E-state index contributed by atoms with van der Waals surface area (Å²) < 4.78 is 5.17. The number of rotatable bonds is 4. The summed E-state index contributed by atoms with van der Waals surface area (Å²) in [4.78, 5) is 17.8. The standard InChI is InChI=1S/C13H19N3O2.HI/c1-9-6-16(8-12(9)13(14)17)7-10-5-11(18-2)3-4-15-10;/h3-5,9,12H,6-8H2,1-2H3,(H2,14,17);1H/t9-,12-;/m1./s1. The first kappa shape index (κ1) is 16.2. The Morgan fingerprint density at radius 3 is 2.89 bits per heavy atom. The van der Waals surface area contributed by atoms with Crippen LogP contribution in [-0.4, -0.2) is 36.0 Å². The topological polar surface area (TPSA) is 68.4 Å². The Morgan fingerprint density at radius 1 is 1.58 bits per heavy atom. The zero-order valence-electron chi connectivity index (χ0n) is 11.2. The summed E-state index contributed by atoms with van der Waals surface area (Å²) in [7, 11) is 1.64. The molecule has 1 saturated heterocycles. The fourth-order valence-corrected chi connectivity index (χ4v) is 2.47. The Kier molecular flexibility index (Phi) is 5.99. The highest BCUT2D eigenvalue weighted by Gasteiger charge is 2.33. The van der Waals surface area contributed by atoms with Crippen molar-refractivity contribution < 1.29 is 9.53 Å². The van der Waals surface area contributed by atoms with Crippen molar-refractivity contribution in [3.05, 3.63) is 24.0 Å². The van der Waals surface area contributed by atoms with E-state index in [9.17, 15) is 4.79 Å². The molecule has 106 valence electrons. The minimum atomic E-state index is -0.205. The first-order chi connectivity index (χ1) is 8.60. The van der Waals surface area contributed by atoms with Crippen LogP contribution in [0.5, 0.6) is 5.75 Å². The molecule has 1 fully saturated rings. The van der Waals surface area contributed by atoms with Crippen molar-refractivity contribution in [3.63, 3.8) is 0 Å². The number of primary amides is 1. The molecule has 5 nitrogen and oxygen atoms in total. The number of halogens is 1. The van der Waals surface area contributed by atoms with Gasteiger partial charge in [-0.3, -0.25) is 14.7 Å². The molecule has 0 unspecified atom stereocenters. The fourth-order valence-electron chi connectivity index (χ4n) is 2.47. The summed E-state index contributed by atoms with van der Waals surface area (Å²) in [5, 5.41) is 0. The maximum atomic E-state index is 11.3. The predicted molar refractivity (Wildman–Crippen MR) is 83.3 cm³/mol. The van der Waals surface area contributed by atoms with Crippen LogP contribution in [0.1, 0.15) is 12.6 Å². The van der Waals surface area contributed by atoms with Gasteiger partial charge in [0.25, 0.3) is 0 Å². The molecule has 0 saturated carbocycles. The van der Waals surface area contributed by atoms with E-state index >= 15 is 0 Å². The van der Waals surface area contributed by atoms with Gasteiger partial charge >= 0.3 is 0 Å². The van der Waals surface area contributed by atoms with Crippen molar-refractivity contribution in [2.75, 3.05) is 20.2 Å². The molecule has 2 N–H and O–H groups in total. The van der Waals surface area contributed by atoms with Crippen LogP contribution in [0.25, 0.3) is 0 Å². The number of nitrogens with zero attached hydrogens (tertiary/aromatic N) is 2. The third-order valence-electron chi connectivity index (χ3n) is 3.46. The van der Waals surface area contributed by atoms with Gasteiger partial charge in [0.1, 0.15) is 5.75 Å². The zero-order chi connectivity index (χ0) is 13.1. The van der Waals surface area contributed by atoms with E-state index in [-0.39, 0.29) is 35.8 Å². The predicted octanol–water partition coefficient (Wildman–Crippen LogP) is 1.26. The lowest BCUT2D eigenvalue weighted by atomic mass is 9.98. The summed E-state index contributed by atoms with van der Waals surface area (Å²) in [6.07, 6.45) is 1.74. The molecule has 0 spiro atoms. The quantitative estimate of drug-likeness (QED) is 0.803. The van der Waals surface area contributed by atoms with Crippen molar-refractivity contribution in [1.82, 2.24) is 9.88 Å². The van der Waals surface area contributed by atoms with Crippen LogP contribution in [0.2, 0.25) is 0 Å². The van der Waals surface area contributed by atoms with Gasteiger partial charge in [-0.05, 0) is 12.0 Å². The first-order valence-electron chi connectivity index (χ1n) is 6.10. The molecular formula is C13H20IN3O2. The molecule has 0 aliphatic carbocycles. The maximum Gasteiger partial charge on any atom is 0.222 e. The van der Waals surface area contributed by atoms with E-state index < -0.39 is 0 Å². The monoisotopic (exact) mass is 377 g/mol. The molecule has 1 aliphatic heterocycles. The Hall–Kier alpha value is -0.890. The molecule has 6 heteroatoms. The van der Waals surface area contributed by atoms with Gasteiger partial charge in [-0.25, -0.2) is 0 Å². The minimum Gasteiger partial charge on any atom is -0.497 e. The van der Waals surface area contributed by atoms with Gasteiger partial charge in [0.05, 0.1) is 18.7 Å². The molecule has 0 bridgehead atoms. The Bertz CT molecular complexity index is 442. The Balaban J connectivity index is 0.00000180. The van der Waals surface area contributed by atoms with E-state index in [0.29, 0.717) is 5.92 Å². The molecule has 1 aliphatic rings. The Labute approximate surface area is 130 Å². The van der Waals surface area contributed by atoms with Crippen molar-refractivity contribution in [3.8, 4) is 5.75 Å². The second kappa shape index (κ2) is 7.04. The molecule has 1 aromatic rings. The molecular weight excluding hydrogens is 357 g/mol. The van der Waals surface area contributed by atoms with E-state index in [1.54, 1.807) is 13.3 Å². The van der Waals surface area contributed by atoms with Crippen LogP contribution in [0.4, 0.5) is 0 Å². The van der Waals surface area contributed by atoms with Crippen molar-refractivity contribution in [1.29, 1.82) is 0 Å². The largest absolute Gasteiger partial charge is 0.497 e. The second-order valence-corrected chi connectivity index (χ2v) is 4.87. The van der Waals surface area contributed by atoms with Gasteiger partial charge in [-0.1, -0.05) is 6.92 Å². The van der Waals surface area contributed by atoms with Crippen LogP contribution < -0.4 is 10.5 Å². The lowest BCUT2D eigenvalue weighted by Crippen LogP contribution is -2.29. The normalized spacial score (nSPS) is 22.8. The summed E-state index contributed by atoms with van der Waals surface area (Å²) >= 11 is 0. The number of nitrogens with two attached hydrogens (primary N) is 1. The van der Waals surface area contributed by atoms with Gasteiger partial charge in [0.2, 0.25) is 5.91 Å². The minimum absolute atomic E-state index is 0. The number of pyridine rings is 1. The second-order valence-electron chi connectivity index (χ2n) is 4.87. The SMILES string of the molecule is COc1ccnc(CN2C[C@@H](C)[C@H](C(N)=O)C2)c1.I. The summed E-state index contributed by atoms with van der Waals surface area (Å²) in [5.74, 6) is 0.867. The van der Waals surface area contributed by atoms with Crippen LogP contribution in [0.15, 0.2) is 18.3 Å². The lowest BCUT2D eigenvalue weighted by molar-refractivity contribution is -0.122. The van der Waals surface area contributed by atoms with E-state index in [4.69, 9.17) is 10.5 Å². The van der Waals surface area contributed by atoms with Gasteiger partial charge in [-0.15, -0.1) is 24.0 Å². The summed E-state index contributed by atoms with van der Waals surface area (Å²) in [5.41, 5.74) is 6.34. The lowest BCUT2D eigenvalue weighted by Gasteiger charge is -2.14. The summed E-state index contributed by atoms with van der Waals surface area (Å²) in [6, 6.07) is 3.74. The van der Waals surface area contributed by atoms with Crippen molar-refractivity contribution in [2.24, 2.45) is 17.6 Å². The number of carbonyl (C=O) groups excluding carboxylic acids is 1. The molecule has 1 aromatic heterocycles. The molecule has 2 heterocycles. The fraction of sp³-hybridized carbons (Fsp3) is 0.538. The molecule has 2 rings (SSSR count). The van der Waals surface area contributed by atoms with E-state index in [2.05, 4.69) is 16.8 Å². The number of hydrogen-bond acceptors (Lipinski definition) is 4. The van der Waals surface area contributed by atoms with Gasteiger partial charge < -0.3 is 10.5 Å². The number of likely N-dealkylation sites (tertiary alicyclic amines) is 1. The van der Waals surface area contributed by atoms with Crippen molar-refractivity contribution in [2.45, 2.75) is 13.5 Å². The van der Waals surface area contributed by atoms with Crippen LogP contribution in [-0.2, 0) is 11.3 Å². The number of ether oxygens (including phenoxy) is 1. The number of methoxy groups -OCH3 is 1.